The summed E-state index contributed by atoms with van der Waals surface area (Å²) in [5, 5.41) is 8.36. The molecule has 0 fully saturated rings. The molecule has 0 rings (SSSR count). The number of aliphatic carboxylic acids is 1. The molecule has 2 unspecified atom stereocenters. The minimum absolute atomic E-state index is 0.0718. The molecule has 0 amide bonds. The zero-order chi connectivity index (χ0) is 12.4. The summed E-state index contributed by atoms with van der Waals surface area (Å²) in [7, 11) is 0. The third-order valence-corrected chi connectivity index (χ3v) is 1.91. The van der Waals surface area contributed by atoms with E-state index in [9.17, 15) is 9.59 Å². The van der Waals surface area contributed by atoms with E-state index in [0.29, 0.717) is 6.61 Å². The normalized spacial score (nSPS) is 13.1. The highest BCUT2D eigenvalue weighted by molar-refractivity contribution is 6.61. The van der Waals surface area contributed by atoms with Crippen molar-refractivity contribution in [2.24, 2.45) is 11.7 Å². The van der Waals surface area contributed by atoms with E-state index in [-0.39, 0.29) is 5.92 Å². The minimum atomic E-state index is -0.913. The van der Waals surface area contributed by atoms with E-state index >= 15 is 0 Å². The minimum Gasteiger partial charge on any atom is -0.480 e. The Morgan fingerprint density at radius 3 is 2.00 bits per heavy atom. The van der Waals surface area contributed by atoms with Crippen LogP contribution >= 0.6 is 11.6 Å². The molecule has 15 heavy (non-hydrogen) atoms. The molecule has 0 saturated carbocycles. The van der Waals surface area contributed by atoms with Crippen molar-refractivity contribution in [1.82, 2.24) is 0 Å². The number of carboxylic acid groups (broad SMARTS) is 1. The molecule has 0 aromatic rings. The van der Waals surface area contributed by atoms with Gasteiger partial charge in [0, 0.05) is 11.6 Å². The molecule has 2 atom stereocenters. The molecule has 0 spiro atoms. The van der Waals surface area contributed by atoms with Crippen LogP contribution in [0.3, 0.4) is 0 Å². The largest absolute Gasteiger partial charge is 0.480 e. The van der Waals surface area contributed by atoms with Crippen LogP contribution in [0.4, 0.5) is 4.79 Å². The van der Waals surface area contributed by atoms with Gasteiger partial charge in [-0.15, -0.1) is 0 Å². The van der Waals surface area contributed by atoms with E-state index in [4.69, 9.17) is 22.4 Å². The van der Waals surface area contributed by atoms with Crippen LogP contribution < -0.4 is 5.73 Å². The van der Waals surface area contributed by atoms with Crippen LogP contribution in [0.1, 0.15) is 27.2 Å². The SMILES string of the molecule is CCC(C)C(N)C(=O)O.CCOC(=O)Cl. The van der Waals surface area contributed by atoms with Crippen molar-refractivity contribution in [1.29, 1.82) is 0 Å². The van der Waals surface area contributed by atoms with Crippen LogP contribution in [0, 0.1) is 5.92 Å². The number of hydrogen-bond acceptors (Lipinski definition) is 4. The van der Waals surface area contributed by atoms with Gasteiger partial charge in [0.15, 0.2) is 0 Å². The Labute approximate surface area is 94.5 Å². The zero-order valence-electron chi connectivity index (χ0n) is 9.20. The Kier molecular flexibility index (Phi) is 10.8. The maximum atomic E-state index is 10.2. The van der Waals surface area contributed by atoms with Gasteiger partial charge in [0.05, 0.1) is 6.61 Å². The smallest absolute Gasteiger partial charge is 0.403 e. The van der Waals surface area contributed by atoms with Gasteiger partial charge in [0.2, 0.25) is 0 Å². The number of nitrogens with two attached hydrogens (primary N) is 1. The zero-order valence-corrected chi connectivity index (χ0v) is 9.95. The van der Waals surface area contributed by atoms with Gasteiger partial charge in [-0.2, -0.15) is 0 Å². The van der Waals surface area contributed by atoms with E-state index in [1.165, 1.54) is 0 Å². The van der Waals surface area contributed by atoms with Crippen molar-refractivity contribution in [3.63, 3.8) is 0 Å². The molecule has 5 nitrogen and oxygen atoms in total. The molecule has 90 valence electrons. The monoisotopic (exact) mass is 239 g/mol. The van der Waals surface area contributed by atoms with Gasteiger partial charge in [-0.1, -0.05) is 20.3 Å². The van der Waals surface area contributed by atoms with Crippen molar-refractivity contribution < 1.29 is 19.4 Å². The van der Waals surface area contributed by atoms with Crippen molar-refractivity contribution in [2.45, 2.75) is 33.2 Å². The molecule has 0 saturated heterocycles. The van der Waals surface area contributed by atoms with Gasteiger partial charge < -0.3 is 15.6 Å². The first kappa shape index (κ1) is 16.6. The molecule has 0 aromatic heterocycles. The summed E-state index contributed by atoms with van der Waals surface area (Å²) in [5.41, 5.74) is 4.53. The molecule has 0 bridgehead atoms. The van der Waals surface area contributed by atoms with Crippen LogP contribution in [0.5, 0.6) is 0 Å². The maximum absolute atomic E-state index is 10.2. The third kappa shape index (κ3) is 11.1. The second-order valence-electron chi connectivity index (χ2n) is 2.92. The summed E-state index contributed by atoms with van der Waals surface area (Å²) in [6.07, 6.45) is 0.813. The highest BCUT2D eigenvalue weighted by Gasteiger charge is 2.17. The number of rotatable bonds is 4. The number of carbonyl (C=O) groups is 2. The van der Waals surface area contributed by atoms with Crippen molar-refractivity contribution in [2.75, 3.05) is 6.61 Å². The molecular formula is C9H18ClNO4. The van der Waals surface area contributed by atoms with E-state index in [1.54, 1.807) is 6.92 Å². The number of carbonyl (C=O) groups excluding carboxylic acids is 1. The van der Waals surface area contributed by atoms with Gasteiger partial charge in [-0.05, 0) is 12.8 Å². The van der Waals surface area contributed by atoms with Gasteiger partial charge in [0.25, 0.3) is 0 Å². The second-order valence-corrected chi connectivity index (χ2v) is 3.23. The summed E-state index contributed by atoms with van der Waals surface area (Å²) in [6, 6.07) is -0.699. The Balaban J connectivity index is 0. The molecule has 3 N–H and O–H groups in total. The average Bonchev–Trinajstić information content (AvgIpc) is 2.16. The Hall–Kier alpha value is -0.810. The maximum Gasteiger partial charge on any atom is 0.403 e. The Morgan fingerprint density at radius 1 is 1.47 bits per heavy atom. The molecule has 0 aliphatic rings. The highest BCUT2D eigenvalue weighted by Crippen LogP contribution is 2.04. The summed E-state index contributed by atoms with van der Waals surface area (Å²) in [5.74, 6) is -0.841. The quantitative estimate of drug-likeness (QED) is 0.731. The van der Waals surface area contributed by atoms with Gasteiger partial charge >= 0.3 is 11.4 Å². The fraction of sp³-hybridized carbons (Fsp3) is 0.778. The summed E-state index contributed by atoms with van der Waals surface area (Å²) in [4.78, 5) is 19.8. The number of carboxylic acids is 1. The Bertz CT molecular complexity index is 199. The first-order valence-electron chi connectivity index (χ1n) is 4.67. The average molecular weight is 240 g/mol. The van der Waals surface area contributed by atoms with E-state index in [0.717, 1.165) is 6.42 Å². The van der Waals surface area contributed by atoms with Gasteiger partial charge in [0.1, 0.15) is 6.04 Å². The summed E-state index contributed by atoms with van der Waals surface area (Å²) >= 11 is 4.72. The molecule has 0 radical (unpaired) electrons. The standard InChI is InChI=1S/C6H13NO2.C3H5ClO2/c1-3-4(2)5(7)6(8)9;1-2-6-3(4)5/h4-5H,3,7H2,1-2H3,(H,8,9);2H2,1H3. The van der Waals surface area contributed by atoms with Crippen LogP contribution in [0.2, 0.25) is 0 Å². The predicted octanol–water partition coefficient (Wildman–Crippen LogP) is 1.83. The summed E-state index contributed by atoms with van der Waals surface area (Å²) < 4.78 is 4.17. The number of hydrogen-bond donors (Lipinski definition) is 2. The molecule has 0 heterocycles. The van der Waals surface area contributed by atoms with Crippen LogP contribution in [-0.2, 0) is 9.53 Å². The Morgan fingerprint density at radius 2 is 1.93 bits per heavy atom. The second kappa shape index (κ2) is 9.73. The summed E-state index contributed by atoms with van der Waals surface area (Å²) in [6.45, 7) is 5.80. The third-order valence-electron chi connectivity index (χ3n) is 1.80. The fourth-order valence-corrected chi connectivity index (χ4v) is 0.720. The van der Waals surface area contributed by atoms with E-state index < -0.39 is 17.4 Å². The first-order chi connectivity index (χ1) is 6.86. The fourth-order valence-electron chi connectivity index (χ4n) is 0.611. The van der Waals surface area contributed by atoms with E-state index in [2.05, 4.69) is 4.74 Å². The van der Waals surface area contributed by atoms with Crippen LogP contribution in [-0.4, -0.2) is 29.2 Å². The highest BCUT2D eigenvalue weighted by atomic mass is 35.5. The van der Waals surface area contributed by atoms with Crippen LogP contribution in [0.15, 0.2) is 0 Å². The van der Waals surface area contributed by atoms with E-state index in [1.807, 2.05) is 13.8 Å². The lowest BCUT2D eigenvalue weighted by molar-refractivity contribution is -0.139. The van der Waals surface area contributed by atoms with Crippen LogP contribution in [0.25, 0.3) is 0 Å². The van der Waals surface area contributed by atoms with Crippen molar-refractivity contribution >= 4 is 23.0 Å². The number of ether oxygens (including phenoxy) is 1. The first-order valence-corrected chi connectivity index (χ1v) is 5.05. The molecule has 0 aliphatic carbocycles. The van der Waals surface area contributed by atoms with Gasteiger partial charge in [-0.25, -0.2) is 4.79 Å². The molecule has 6 heteroatoms. The molecule has 0 aromatic carbocycles. The topological polar surface area (TPSA) is 89.6 Å². The van der Waals surface area contributed by atoms with Crippen molar-refractivity contribution in [3.05, 3.63) is 0 Å². The van der Waals surface area contributed by atoms with Crippen molar-refractivity contribution in [3.8, 4) is 0 Å². The lowest BCUT2D eigenvalue weighted by Crippen LogP contribution is -2.36. The number of halogens is 1. The predicted molar refractivity (Wildman–Crippen MR) is 57.9 cm³/mol. The van der Waals surface area contributed by atoms with Gasteiger partial charge in [-0.3, -0.25) is 4.79 Å². The lowest BCUT2D eigenvalue weighted by Gasteiger charge is -2.11. The lowest BCUT2D eigenvalue weighted by atomic mass is 10.0. The molecular weight excluding hydrogens is 222 g/mol. The molecule has 0 aliphatic heterocycles.